The third-order valence-electron chi connectivity index (χ3n) is 4.31. The van der Waals surface area contributed by atoms with Gasteiger partial charge in [-0.3, -0.25) is 15.0 Å². The molecular weight excluding hydrogens is 386 g/mol. The van der Waals surface area contributed by atoms with Crippen LogP contribution in [0.4, 0.5) is 0 Å². The van der Waals surface area contributed by atoms with E-state index in [-0.39, 0.29) is 5.56 Å². The lowest BCUT2D eigenvalue weighted by Gasteiger charge is -2.14. The molecule has 6 heteroatoms. The van der Waals surface area contributed by atoms with Gasteiger partial charge in [-0.1, -0.05) is 66.2 Å². The molecule has 0 radical (unpaired) electrons. The molecule has 0 bridgehead atoms. The third kappa shape index (κ3) is 4.10. The van der Waals surface area contributed by atoms with Crippen LogP contribution in [0.1, 0.15) is 5.56 Å². The van der Waals surface area contributed by atoms with Crippen LogP contribution in [0.15, 0.2) is 89.7 Å². The monoisotopic (exact) mass is 401 g/mol. The molecule has 0 atom stereocenters. The first-order valence-corrected chi connectivity index (χ1v) is 9.31. The number of carbonyl (C=O) groups is 1. The Kier molecular flexibility index (Phi) is 5.22. The number of nitrogens with one attached hydrogen (secondary N) is 1. The maximum Gasteiger partial charge on any atom is 0.280 e. The second kappa shape index (κ2) is 8.12. The van der Waals surface area contributed by atoms with E-state index < -0.39 is 5.91 Å². The maximum absolute atomic E-state index is 13.1. The third-order valence-corrected chi connectivity index (χ3v) is 4.54. The largest absolute Gasteiger partial charge is 0.280 e. The van der Waals surface area contributed by atoms with Gasteiger partial charge in [-0.15, -0.1) is 0 Å². The lowest BCUT2D eigenvalue weighted by Crippen LogP contribution is -2.34. The molecule has 0 unspecified atom stereocenters. The molecule has 4 rings (SSSR count). The van der Waals surface area contributed by atoms with Crippen LogP contribution < -0.4 is 11.0 Å². The van der Waals surface area contributed by atoms with Gasteiger partial charge in [0.25, 0.3) is 11.5 Å². The molecule has 4 aromatic rings. The second-order valence-electron chi connectivity index (χ2n) is 6.32. The van der Waals surface area contributed by atoms with E-state index >= 15 is 0 Å². The Balaban J connectivity index is 1.78. The number of hydrogen-bond donors (Lipinski definition) is 1. The zero-order valence-corrected chi connectivity index (χ0v) is 16.0. The fraction of sp³-hybridized carbons (Fsp3) is 0. The van der Waals surface area contributed by atoms with Gasteiger partial charge in [-0.05, 0) is 35.9 Å². The molecule has 0 aliphatic carbocycles. The summed E-state index contributed by atoms with van der Waals surface area (Å²) >= 11 is 6.11. The Morgan fingerprint density at radius 1 is 0.966 bits per heavy atom. The van der Waals surface area contributed by atoms with E-state index in [0.29, 0.717) is 27.3 Å². The summed E-state index contributed by atoms with van der Waals surface area (Å²) in [5.41, 5.74) is 4.30. The lowest BCUT2D eigenvalue weighted by molar-refractivity contribution is -0.112. The van der Waals surface area contributed by atoms with E-state index in [2.05, 4.69) is 10.4 Å². The molecule has 1 aromatic heterocycles. The molecule has 0 spiro atoms. The summed E-state index contributed by atoms with van der Waals surface area (Å²) < 4.78 is 1.16. The number of carbonyl (C=O) groups excluding carboxylic acids is 1. The normalized spacial score (nSPS) is 11.1. The van der Waals surface area contributed by atoms with Crippen molar-refractivity contribution in [2.24, 2.45) is 0 Å². The predicted octanol–water partition coefficient (Wildman–Crippen LogP) is 4.50. The highest BCUT2D eigenvalue weighted by molar-refractivity contribution is 6.30. The number of aromatic nitrogens is 2. The van der Waals surface area contributed by atoms with Gasteiger partial charge in [0.05, 0.1) is 10.9 Å². The Morgan fingerprint density at radius 2 is 1.72 bits per heavy atom. The van der Waals surface area contributed by atoms with Crippen molar-refractivity contribution < 1.29 is 4.79 Å². The molecule has 5 nitrogen and oxygen atoms in total. The van der Waals surface area contributed by atoms with Crippen molar-refractivity contribution >= 4 is 34.5 Å². The molecule has 3 aromatic carbocycles. The highest BCUT2D eigenvalue weighted by atomic mass is 35.5. The van der Waals surface area contributed by atoms with E-state index in [1.165, 1.54) is 6.08 Å². The zero-order valence-electron chi connectivity index (χ0n) is 15.2. The highest BCUT2D eigenvalue weighted by Gasteiger charge is 2.14. The van der Waals surface area contributed by atoms with E-state index in [9.17, 15) is 9.59 Å². The molecule has 1 heterocycles. The minimum Gasteiger partial charge on any atom is -0.268 e. The van der Waals surface area contributed by atoms with Crippen molar-refractivity contribution in [1.82, 2.24) is 9.66 Å². The lowest BCUT2D eigenvalue weighted by atomic mass is 10.2. The van der Waals surface area contributed by atoms with E-state index in [0.717, 1.165) is 10.2 Å². The van der Waals surface area contributed by atoms with Crippen molar-refractivity contribution in [2.75, 3.05) is 5.43 Å². The number of amides is 1. The predicted molar refractivity (Wildman–Crippen MR) is 116 cm³/mol. The summed E-state index contributed by atoms with van der Waals surface area (Å²) in [6, 6.07) is 23.4. The van der Waals surface area contributed by atoms with E-state index in [1.54, 1.807) is 48.5 Å². The highest BCUT2D eigenvalue weighted by Crippen LogP contribution is 2.21. The van der Waals surface area contributed by atoms with Gasteiger partial charge < -0.3 is 0 Å². The standard InChI is InChI=1S/C23H16ClN3O2/c24-18-10-6-9-17(15-18)22-25-20-12-5-4-11-19(20)23(29)27(22)26-21(28)14-13-16-7-2-1-3-8-16/h1-15H,(H,26,28)/b14-13+. The number of para-hydroxylation sites is 1. The van der Waals surface area contributed by atoms with Gasteiger partial charge in [0.2, 0.25) is 0 Å². The summed E-state index contributed by atoms with van der Waals surface area (Å²) in [7, 11) is 0. The quantitative estimate of drug-likeness (QED) is 0.512. The number of rotatable bonds is 4. The van der Waals surface area contributed by atoms with Crippen LogP contribution in [-0.4, -0.2) is 15.6 Å². The molecule has 142 valence electrons. The van der Waals surface area contributed by atoms with Crippen LogP contribution in [0, 0.1) is 0 Å². The number of nitrogens with zero attached hydrogens (tertiary/aromatic N) is 2. The molecule has 0 fully saturated rings. The molecule has 29 heavy (non-hydrogen) atoms. The number of fused-ring (bicyclic) bond motifs is 1. The van der Waals surface area contributed by atoms with Gasteiger partial charge in [-0.25, -0.2) is 4.98 Å². The molecule has 0 saturated heterocycles. The average Bonchev–Trinajstić information content (AvgIpc) is 2.75. The van der Waals surface area contributed by atoms with Crippen molar-refractivity contribution in [3.05, 3.63) is 106 Å². The van der Waals surface area contributed by atoms with Gasteiger partial charge in [0.15, 0.2) is 5.82 Å². The van der Waals surface area contributed by atoms with Crippen molar-refractivity contribution in [1.29, 1.82) is 0 Å². The summed E-state index contributed by atoms with van der Waals surface area (Å²) in [5, 5.41) is 0.914. The van der Waals surface area contributed by atoms with Crippen molar-refractivity contribution in [3.63, 3.8) is 0 Å². The Hall–Kier alpha value is -3.70. The first-order chi connectivity index (χ1) is 14.1. The zero-order chi connectivity index (χ0) is 20.2. The Bertz CT molecular complexity index is 1280. The number of hydrogen-bond acceptors (Lipinski definition) is 3. The van der Waals surface area contributed by atoms with Crippen LogP contribution in [0.2, 0.25) is 5.02 Å². The second-order valence-corrected chi connectivity index (χ2v) is 6.76. The van der Waals surface area contributed by atoms with Crippen molar-refractivity contribution in [3.8, 4) is 11.4 Å². The van der Waals surface area contributed by atoms with Gasteiger partial charge in [0, 0.05) is 16.7 Å². The van der Waals surface area contributed by atoms with Gasteiger partial charge in [0.1, 0.15) is 0 Å². The molecule has 0 aliphatic heterocycles. The summed E-state index contributed by atoms with van der Waals surface area (Å²) in [5.74, 6) is -0.144. The SMILES string of the molecule is O=C(/C=C/c1ccccc1)Nn1c(-c2cccc(Cl)c2)nc2ccccc2c1=O. The average molecular weight is 402 g/mol. The molecule has 0 aliphatic rings. The van der Waals surface area contributed by atoms with E-state index in [1.807, 2.05) is 36.4 Å². The minimum absolute atomic E-state index is 0.303. The first kappa shape index (κ1) is 18.7. The topological polar surface area (TPSA) is 64.0 Å². The van der Waals surface area contributed by atoms with Crippen LogP contribution in [0.25, 0.3) is 28.4 Å². The molecule has 1 amide bonds. The Morgan fingerprint density at radius 3 is 2.52 bits per heavy atom. The summed E-state index contributed by atoms with van der Waals surface area (Å²) in [6.45, 7) is 0. The maximum atomic E-state index is 13.1. The summed E-state index contributed by atoms with van der Waals surface area (Å²) in [4.78, 5) is 30.2. The molecular formula is C23H16ClN3O2. The summed E-state index contributed by atoms with van der Waals surface area (Å²) in [6.07, 6.45) is 3.05. The minimum atomic E-state index is -0.448. The van der Waals surface area contributed by atoms with E-state index in [4.69, 9.17) is 11.6 Å². The number of halogens is 1. The fourth-order valence-corrected chi connectivity index (χ4v) is 3.13. The van der Waals surface area contributed by atoms with Crippen LogP contribution >= 0.6 is 11.6 Å². The Labute approximate surface area is 171 Å². The van der Waals surface area contributed by atoms with Crippen LogP contribution in [0.3, 0.4) is 0 Å². The van der Waals surface area contributed by atoms with Crippen LogP contribution in [0.5, 0.6) is 0 Å². The smallest absolute Gasteiger partial charge is 0.268 e. The van der Waals surface area contributed by atoms with Crippen molar-refractivity contribution in [2.45, 2.75) is 0 Å². The van der Waals surface area contributed by atoms with Gasteiger partial charge >= 0.3 is 0 Å². The van der Waals surface area contributed by atoms with Crippen LogP contribution in [-0.2, 0) is 4.79 Å². The first-order valence-electron chi connectivity index (χ1n) is 8.94. The molecule has 1 N–H and O–H groups in total. The fourth-order valence-electron chi connectivity index (χ4n) is 2.94. The van der Waals surface area contributed by atoms with Gasteiger partial charge in [-0.2, -0.15) is 4.68 Å². The number of benzene rings is 3. The molecule has 0 saturated carbocycles.